The third-order valence-corrected chi connectivity index (χ3v) is 9.30. The predicted molar refractivity (Wildman–Crippen MR) is 242 cm³/mol. The van der Waals surface area contributed by atoms with E-state index in [-0.39, 0.29) is 26.1 Å². The maximum absolute atomic E-state index is 12.7. The Morgan fingerprint density at radius 2 is 0.966 bits per heavy atom. The quantitative estimate of drug-likeness (QED) is 0.0217. The molecular weight excluding hydrogens is 750 g/mol. The number of allylic oxidation sites excluding steroid dienone is 18. The minimum absolute atomic E-state index is 0.0101. The largest absolute Gasteiger partial charge is 0.472 e. The van der Waals surface area contributed by atoms with Crippen molar-refractivity contribution in [3.8, 4) is 0 Å². The van der Waals surface area contributed by atoms with Crippen molar-refractivity contribution < 1.29 is 42.1 Å². The van der Waals surface area contributed by atoms with Crippen molar-refractivity contribution in [2.45, 2.75) is 136 Å². The molecule has 0 heterocycles. The van der Waals surface area contributed by atoms with Gasteiger partial charge in [0.05, 0.1) is 27.7 Å². The Hall–Kier alpha value is -3.33. The van der Waals surface area contributed by atoms with Gasteiger partial charge in [0.1, 0.15) is 19.8 Å². The van der Waals surface area contributed by atoms with Crippen LogP contribution >= 0.6 is 7.82 Å². The van der Waals surface area contributed by atoms with Crippen molar-refractivity contribution in [3.63, 3.8) is 0 Å². The van der Waals surface area contributed by atoms with Crippen LogP contribution in [0.5, 0.6) is 0 Å². The standard InChI is InChI=1S/C48H78NO8P/c1-6-8-10-12-14-16-18-20-22-23-24-25-27-28-30-32-34-36-38-40-47(50)54-44-46(45-56-58(52,53)55-43-42-49(3,4)5)57-48(51)41-39-37-35-33-31-29-26-21-19-17-15-13-11-9-7-2/h8-11,14-17,20-22,24-26,28,30,34,36,46H,6-7,12-13,18-19,23,27,29,31-33,35,37-45H2,1-5H3/p+1/b10-8+,11-9+,16-14+,17-15+,22-20+,25-24+,26-21+,30-28+,36-34+/t46-/m1/s1. The van der Waals surface area contributed by atoms with Crippen molar-refractivity contribution in [2.24, 2.45) is 0 Å². The minimum Gasteiger partial charge on any atom is -0.462 e. The van der Waals surface area contributed by atoms with Gasteiger partial charge < -0.3 is 18.9 Å². The van der Waals surface area contributed by atoms with Gasteiger partial charge in [-0.1, -0.05) is 142 Å². The summed E-state index contributed by atoms with van der Waals surface area (Å²) in [7, 11) is 1.40. The Morgan fingerprint density at radius 3 is 1.45 bits per heavy atom. The minimum atomic E-state index is -4.40. The Bertz CT molecular complexity index is 1350. The summed E-state index contributed by atoms with van der Waals surface area (Å²) in [6.45, 7) is 4.05. The van der Waals surface area contributed by atoms with Gasteiger partial charge in [0.25, 0.3) is 0 Å². The molecule has 0 amide bonds. The molecule has 0 saturated carbocycles. The highest BCUT2D eigenvalue weighted by Gasteiger charge is 2.27. The van der Waals surface area contributed by atoms with Crippen LogP contribution in [-0.4, -0.2) is 74.9 Å². The molecule has 1 unspecified atom stereocenters. The van der Waals surface area contributed by atoms with Crippen molar-refractivity contribution >= 4 is 19.8 Å². The van der Waals surface area contributed by atoms with E-state index in [0.29, 0.717) is 23.9 Å². The van der Waals surface area contributed by atoms with Crippen molar-refractivity contribution in [3.05, 3.63) is 109 Å². The molecule has 10 heteroatoms. The lowest BCUT2D eigenvalue weighted by Gasteiger charge is -2.24. The van der Waals surface area contributed by atoms with Gasteiger partial charge in [0.2, 0.25) is 0 Å². The molecule has 328 valence electrons. The summed E-state index contributed by atoms with van der Waals surface area (Å²) in [6, 6.07) is 0. The van der Waals surface area contributed by atoms with Gasteiger partial charge in [0, 0.05) is 12.8 Å². The second-order valence-corrected chi connectivity index (χ2v) is 16.4. The van der Waals surface area contributed by atoms with Crippen LogP contribution in [0.4, 0.5) is 0 Å². The number of ether oxygens (including phenoxy) is 2. The number of quaternary nitrogens is 1. The number of nitrogens with zero attached hydrogens (tertiary/aromatic N) is 1. The van der Waals surface area contributed by atoms with E-state index < -0.39 is 32.5 Å². The molecule has 0 aromatic rings. The van der Waals surface area contributed by atoms with Gasteiger partial charge in [-0.15, -0.1) is 0 Å². The number of hydrogen-bond donors (Lipinski definition) is 1. The molecule has 0 radical (unpaired) electrons. The van der Waals surface area contributed by atoms with Gasteiger partial charge in [-0.2, -0.15) is 0 Å². The average molecular weight is 829 g/mol. The van der Waals surface area contributed by atoms with Crippen LogP contribution in [0.1, 0.15) is 129 Å². The number of unbranched alkanes of at least 4 members (excludes halogenated alkanes) is 5. The van der Waals surface area contributed by atoms with Gasteiger partial charge in [-0.05, 0) is 83.5 Å². The highest BCUT2D eigenvalue weighted by Crippen LogP contribution is 2.43. The fourth-order valence-corrected chi connectivity index (χ4v) is 5.73. The lowest BCUT2D eigenvalue weighted by atomic mass is 10.1. The Labute approximate surface area is 353 Å². The van der Waals surface area contributed by atoms with Crippen LogP contribution in [0.3, 0.4) is 0 Å². The molecule has 0 bridgehead atoms. The third-order valence-electron chi connectivity index (χ3n) is 8.31. The Kier molecular flexibility index (Phi) is 36.9. The molecule has 0 saturated heterocycles. The number of esters is 2. The molecule has 58 heavy (non-hydrogen) atoms. The summed E-state index contributed by atoms with van der Waals surface area (Å²) in [6.07, 6.45) is 53.0. The SMILES string of the molecule is CC/C=C/C/C=C/C/C=C/C/C=C/C/C=C/C/C=C/CCC(=O)OC[C@H](COP(=O)(O)OCC[N+](C)(C)C)OC(=O)CCCCCCC/C=C/C/C=C/C/C=C/CC. The van der Waals surface area contributed by atoms with E-state index in [4.69, 9.17) is 18.5 Å². The van der Waals surface area contributed by atoms with E-state index in [9.17, 15) is 19.0 Å². The van der Waals surface area contributed by atoms with Crippen LogP contribution in [-0.2, 0) is 32.7 Å². The monoisotopic (exact) mass is 829 g/mol. The average Bonchev–Trinajstić information content (AvgIpc) is 3.17. The van der Waals surface area contributed by atoms with Gasteiger partial charge in [-0.3, -0.25) is 18.6 Å². The van der Waals surface area contributed by atoms with E-state index in [1.54, 1.807) is 0 Å². The fraction of sp³-hybridized carbons (Fsp3) is 0.583. The number of phosphoric ester groups is 1. The van der Waals surface area contributed by atoms with E-state index in [1.807, 2.05) is 33.3 Å². The van der Waals surface area contributed by atoms with Crippen molar-refractivity contribution in [1.82, 2.24) is 0 Å². The first kappa shape index (κ1) is 54.7. The van der Waals surface area contributed by atoms with Gasteiger partial charge in [0.15, 0.2) is 6.10 Å². The molecule has 0 aliphatic rings. The van der Waals surface area contributed by atoms with Gasteiger partial charge >= 0.3 is 19.8 Å². The maximum atomic E-state index is 12.7. The van der Waals surface area contributed by atoms with Crippen LogP contribution in [0.15, 0.2) is 109 Å². The number of rotatable bonds is 37. The van der Waals surface area contributed by atoms with Crippen molar-refractivity contribution in [2.75, 3.05) is 47.5 Å². The van der Waals surface area contributed by atoms with E-state index in [0.717, 1.165) is 89.9 Å². The first-order chi connectivity index (χ1) is 28.0. The Morgan fingerprint density at radius 1 is 0.534 bits per heavy atom. The van der Waals surface area contributed by atoms with Crippen LogP contribution < -0.4 is 0 Å². The summed E-state index contributed by atoms with van der Waals surface area (Å²) in [5, 5.41) is 0. The summed E-state index contributed by atoms with van der Waals surface area (Å²) < 4.78 is 34.2. The molecule has 0 aromatic heterocycles. The number of phosphoric acid groups is 1. The van der Waals surface area contributed by atoms with Crippen molar-refractivity contribution in [1.29, 1.82) is 0 Å². The summed E-state index contributed by atoms with van der Waals surface area (Å²) in [4.78, 5) is 35.3. The zero-order chi connectivity index (χ0) is 42.8. The molecular formula is C48H79NO8P+. The molecule has 9 nitrogen and oxygen atoms in total. The summed E-state index contributed by atoms with van der Waals surface area (Å²) in [5.41, 5.74) is 0. The third kappa shape index (κ3) is 42.3. The number of carbonyl (C=O) groups is 2. The summed E-state index contributed by atoms with van der Waals surface area (Å²) >= 11 is 0. The molecule has 0 aliphatic heterocycles. The number of likely N-dealkylation sites (N-methyl/N-ethyl adjacent to an activating group) is 1. The first-order valence-corrected chi connectivity index (χ1v) is 23.1. The zero-order valence-electron chi connectivity index (χ0n) is 36.7. The van der Waals surface area contributed by atoms with Crippen LogP contribution in [0, 0.1) is 0 Å². The van der Waals surface area contributed by atoms with E-state index in [2.05, 4.69) is 111 Å². The van der Waals surface area contributed by atoms with E-state index in [1.165, 1.54) is 0 Å². The fourth-order valence-electron chi connectivity index (χ4n) is 4.99. The highest BCUT2D eigenvalue weighted by atomic mass is 31.2. The second-order valence-electron chi connectivity index (χ2n) is 15.0. The number of hydrogen-bond acceptors (Lipinski definition) is 7. The van der Waals surface area contributed by atoms with Crippen LogP contribution in [0.25, 0.3) is 0 Å². The molecule has 0 aliphatic carbocycles. The smallest absolute Gasteiger partial charge is 0.462 e. The normalized spacial score (nSPS) is 14.7. The maximum Gasteiger partial charge on any atom is 0.472 e. The first-order valence-electron chi connectivity index (χ1n) is 21.6. The predicted octanol–water partition coefficient (Wildman–Crippen LogP) is 12.3. The molecule has 0 spiro atoms. The lowest BCUT2D eigenvalue weighted by Crippen LogP contribution is -2.37. The molecule has 1 N–H and O–H groups in total. The number of carbonyl (C=O) groups excluding carboxylic acids is 2. The molecule has 2 atom stereocenters. The molecule has 0 rings (SSSR count). The lowest BCUT2D eigenvalue weighted by molar-refractivity contribution is -0.870. The summed E-state index contributed by atoms with van der Waals surface area (Å²) in [5.74, 6) is -0.930. The topological polar surface area (TPSA) is 108 Å². The molecule has 0 fully saturated rings. The zero-order valence-corrected chi connectivity index (χ0v) is 37.6. The molecule has 0 aromatic carbocycles. The van der Waals surface area contributed by atoms with Crippen LogP contribution in [0.2, 0.25) is 0 Å². The van der Waals surface area contributed by atoms with Gasteiger partial charge in [-0.25, -0.2) is 4.57 Å². The highest BCUT2D eigenvalue weighted by molar-refractivity contribution is 7.47. The Balaban J connectivity index is 4.54. The second kappa shape index (κ2) is 39.1. The van der Waals surface area contributed by atoms with E-state index >= 15 is 0 Å².